The number of aliphatic carboxylic acids is 1. The summed E-state index contributed by atoms with van der Waals surface area (Å²) in [6.45, 7) is 3.50. The molecule has 0 spiro atoms. The van der Waals surface area contributed by atoms with E-state index in [0.29, 0.717) is 11.4 Å². The van der Waals surface area contributed by atoms with Gasteiger partial charge in [-0.15, -0.1) is 0 Å². The van der Waals surface area contributed by atoms with Gasteiger partial charge in [-0.05, 0) is 12.1 Å². The lowest BCUT2D eigenvalue weighted by atomic mass is 10.2. The molecule has 20 heavy (non-hydrogen) atoms. The summed E-state index contributed by atoms with van der Waals surface area (Å²) >= 11 is 0. The summed E-state index contributed by atoms with van der Waals surface area (Å²) in [5.74, 6) is -0.533. The molecular weight excluding hydrogens is 262 g/mol. The van der Waals surface area contributed by atoms with Gasteiger partial charge in [-0.25, -0.2) is 4.79 Å². The highest BCUT2D eigenvalue weighted by Crippen LogP contribution is 2.28. The third-order valence-corrected chi connectivity index (χ3v) is 2.47. The first-order chi connectivity index (χ1) is 9.60. The number of hydrogen-bond acceptors (Lipinski definition) is 4. The van der Waals surface area contributed by atoms with Crippen molar-refractivity contribution in [2.24, 2.45) is 0 Å². The van der Waals surface area contributed by atoms with E-state index >= 15 is 0 Å². The Kier molecular flexibility index (Phi) is 6.09. The van der Waals surface area contributed by atoms with Gasteiger partial charge in [0, 0.05) is 6.54 Å². The minimum absolute atomic E-state index is 0.00825. The third kappa shape index (κ3) is 4.31. The number of carbonyl (C=O) groups is 2. The number of carbonyl (C=O) groups excluding carboxylic acids is 1. The molecule has 6 heteroatoms. The second-order valence-corrected chi connectivity index (χ2v) is 3.83. The van der Waals surface area contributed by atoms with E-state index in [-0.39, 0.29) is 19.6 Å². The van der Waals surface area contributed by atoms with Crippen molar-refractivity contribution in [1.82, 2.24) is 0 Å². The second kappa shape index (κ2) is 7.83. The molecule has 1 amide bonds. The average molecular weight is 279 g/mol. The number of ether oxygens (including phenoxy) is 2. The Balaban J connectivity index is 2.98. The maximum atomic E-state index is 12.0. The summed E-state index contributed by atoms with van der Waals surface area (Å²) in [5.41, 5.74) is 0.463. The van der Waals surface area contributed by atoms with Crippen LogP contribution in [0, 0.1) is 0 Å². The molecule has 0 aliphatic rings. The molecule has 1 aromatic carbocycles. The molecular formula is C14H17NO5. The third-order valence-electron chi connectivity index (χ3n) is 2.47. The van der Waals surface area contributed by atoms with Crippen molar-refractivity contribution < 1.29 is 24.2 Å². The van der Waals surface area contributed by atoms with Crippen LogP contribution < -0.4 is 9.64 Å². The summed E-state index contributed by atoms with van der Waals surface area (Å²) in [4.78, 5) is 23.9. The molecule has 0 fully saturated rings. The number of nitrogens with zero attached hydrogens (tertiary/aromatic N) is 1. The number of anilines is 1. The van der Waals surface area contributed by atoms with Crippen LogP contribution in [-0.4, -0.2) is 37.4 Å². The molecule has 1 aromatic rings. The molecule has 0 bridgehead atoms. The van der Waals surface area contributed by atoms with Crippen LogP contribution in [0.5, 0.6) is 5.75 Å². The minimum atomic E-state index is -0.999. The van der Waals surface area contributed by atoms with Gasteiger partial charge in [-0.1, -0.05) is 24.8 Å². The number of para-hydroxylation sites is 2. The van der Waals surface area contributed by atoms with Gasteiger partial charge in [0.15, 0.2) is 0 Å². The lowest BCUT2D eigenvalue weighted by Crippen LogP contribution is -2.34. The van der Waals surface area contributed by atoms with Crippen molar-refractivity contribution in [3.63, 3.8) is 0 Å². The van der Waals surface area contributed by atoms with Crippen molar-refractivity contribution in [2.75, 3.05) is 25.2 Å². The van der Waals surface area contributed by atoms with E-state index in [1.165, 1.54) is 18.1 Å². The van der Waals surface area contributed by atoms with E-state index in [0.717, 1.165) is 0 Å². The topological polar surface area (TPSA) is 76.1 Å². The molecule has 0 radical (unpaired) electrons. The number of rotatable bonds is 7. The van der Waals surface area contributed by atoms with E-state index in [4.69, 9.17) is 14.6 Å². The fourth-order valence-corrected chi connectivity index (χ4v) is 1.58. The quantitative estimate of drug-likeness (QED) is 0.775. The first-order valence-corrected chi connectivity index (χ1v) is 6.00. The molecule has 0 saturated heterocycles. The number of hydrogen-bond donors (Lipinski definition) is 1. The van der Waals surface area contributed by atoms with Crippen molar-refractivity contribution in [2.45, 2.75) is 6.42 Å². The molecule has 6 nitrogen and oxygen atoms in total. The molecule has 0 aliphatic heterocycles. The normalized spacial score (nSPS) is 9.65. The van der Waals surface area contributed by atoms with E-state index in [1.807, 2.05) is 0 Å². The van der Waals surface area contributed by atoms with E-state index < -0.39 is 12.1 Å². The molecule has 1 N–H and O–H groups in total. The van der Waals surface area contributed by atoms with Gasteiger partial charge in [-0.2, -0.15) is 0 Å². The van der Waals surface area contributed by atoms with Gasteiger partial charge in [0.2, 0.25) is 0 Å². The van der Waals surface area contributed by atoms with Crippen LogP contribution in [0.3, 0.4) is 0 Å². The van der Waals surface area contributed by atoms with Crippen LogP contribution in [0.4, 0.5) is 10.5 Å². The molecule has 0 saturated carbocycles. The van der Waals surface area contributed by atoms with Crippen molar-refractivity contribution in [3.05, 3.63) is 36.9 Å². The number of amides is 1. The van der Waals surface area contributed by atoms with E-state index in [9.17, 15) is 9.59 Å². The summed E-state index contributed by atoms with van der Waals surface area (Å²) in [6.07, 6.45) is 0.604. The number of carboxylic acids is 1. The molecule has 1 rings (SSSR count). The summed E-state index contributed by atoms with van der Waals surface area (Å²) in [5, 5.41) is 8.77. The maximum Gasteiger partial charge on any atom is 0.414 e. The second-order valence-electron chi connectivity index (χ2n) is 3.83. The van der Waals surface area contributed by atoms with Gasteiger partial charge in [0.25, 0.3) is 0 Å². The zero-order valence-corrected chi connectivity index (χ0v) is 11.2. The number of methoxy groups -OCH3 is 1. The van der Waals surface area contributed by atoms with Crippen LogP contribution in [0.1, 0.15) is 6.42 Å². The summed E-state index contributed by atoms with van der Waals surface area (Å²) in [6, 6.07) is 6.83. The molecule has 0 aromatic heterocycles. The number of benzene rings is 1. The Hall–Kier alpha value is -2.50. The van der Waals surface area contributed by atoms with Gasteiger partial charge in [0.1, 0.15) is 12.4 Å². The van der Waals surface area contributed by atoms with E-state index in [1.54, 1.807) is 24.3 Å². The zero-order chi connectivity index (χ0) is 15.0. The lowest BCUT2D eigenvalue weighted by Gasteiger charge is -2.23. The van der Waals surface area contributed by atoms with Crippen molar-refractivity contribution in [3.8, 4) is 5.75 Å². The van der Waals surface area contributed by atoms with E-state index in [2.05, 4.69) is 6.58 Å². The van der Waals surface area contributed by atoms with Gasteiger partial charge in [-0.3, -0.25) is 9.69 Å². The Morgan fingerprint density at radius 1 is 1.40 bits per heavy atom. The molecule has 0 aliphatic carbocycles. The maximum absolute atomic E-state index is 12.0. The fraction of sp³-hybridized carbons (Fsp3) is 0.286. The average Bonchev–Trinajstić information content (AvgIpc) is 2.45. The minimum Gasteiger partial charge on any atom is -0.495 e. The smallest absolute Gasteiger partial charge is 0.414 e. The molecule has 0 unspecified atom stereocenters. The molecule has 108 valence electrons. The highest BCUT2D eigenvalue weighted by atomic mass is 16.6. The Labute approximate surface area is 117 Å². The highest BCUT2D eigenvalue weighted by molar-refractivity contribution is 5.90. The van der Waals surface area contributed by atoms with Gasteiger partial charge < -0.3 is 14.6 Å². The largest absolute Gasteiger partial charge is 0.495 e. The zero-order valence-electron chi connectivity index (χ0n) is 11.2. The first kappa shape index (κ1) is 15.6. The van der Waals surface area contributed by atoms with Crippen LogP contribution in [0.15, 0.2) is 36.9 Å². The lowest BCUT2D eigenvalue weighted by molar-refractivity contribution is -0.136. The first-order valence-electron chi connectivity index (χ1n) is 6.00. The number of carboxylic acid groups (broad SMARTS) is 1. The standard InChI is InChI=1S/C14H17NO5/c1-3-10-20-14(18)15(9-8-13(16)17)11-6-4-5-7-12(11)19-2/h3-7H,1,8-10H2,2H3,(H,16,17). The predicted molar refractivity (Wildman–Crippen MR) is 74.1 cm³/mol. The highest BCUT2D eigenvalue weighted by Gasteiger charge is 2.21. The predicted octanol–water partition coefficient (Wildman–Crippen LogP) is 2.30. The van der Waals surface area contributed by atoms with Crippen molar-refractivity contribution >= 4 is 17.7 Å². The molecule has 0 heterocycles. The summed E-state index contributed by atoms with van der Waals surface area (Å²) in [7, 11) is 1.48. The SMILES string of the molecule is C=CCOC(=O)N(CCC(=O)O)c1ccccc1OC. The van der Waals surface area contributed by atoms with Crippen molar-refractivity contribution in [1.29, 1.82) is 0 Å². The Morgan fingerprint density at radius 2 is 2.10 bits per heavy atom. The fourth-order valence-electron chi connectivity index (χ4n) is 1.58. The van der Waals surface area contributed by atoms with Crippen LogP contribution in [0.2, 0.25) is 0 Å². The summed E-state index contributed by atoms with van der Waals surface area (Å²) < 4.78 is 10.1. The monoisotopic (exact) mass is 279 g/mol. The Morgan fingerprint density at radius 3 is 2.70 bits per heavy atom. The Bertz CT molecular complexity index is 486. The van der Waals surface area contributed by atoms with Crippen LogP contribution >= 0.6 is 0 Å². The molecule has 0 atom stereocenters. The van der Waals surface area contributed by atoms with Crippen LogP contribution in [-0.2, 0) is 9.53 Å². The van der Waals surface area contributed by atoms with Crippen LogP contribution in [0.25, 0.3) is 0 Å². The van der Waals surface area contributed by atoms with Gasteiger partial charge in [0.05, 0.1) is 19.2 Å². The van der Waals surface area contributed by atoms with Gasteiger partial charge >= 0.3 is 12.1 Å².